The molecule has 6 nitrogen and oxygen atoms in total. The van der Waals surface area contributed by atoms with Gasteiger partial charge in [0.1, 0.15) is 0 Å². The van der Waals surface area contributed by atoms with E-state index in [1.807, 2.05) is 6.07 Å². The molecule has 0 aliphatic carbocycles. The summed E-state index contributed by atoms with van der Waals surface area (Å²) in [6.07, 6.45) is 2.92. The van der Waals surface area contributed by atoms with Crippen molar-refractivity contribution in [1.29, 1.82) is 0 Å². The van der Waals surface area contributed by atoms with E-state index in [0.717, 1.165) is 5.56 Å². The van der Waals surface area contributed by atoms with E-state index < -0.39 is 17.9 Å². The molecule has 0 aliphatic rings. The topological polar surface area (TPSA) is 96.5 Å². The van der Waals surface area contributed by atoms with Crippen molar-refractivity contribution in [2.45, 2.75) is 19.0 Å². The largest absolute Gasteiger partial charge is 0.481 e. The zero-order valence-corrected chi connectivity index (χ0v) is 9.54. The van der Waals surface area contributed by atoms with Crippen LogP contribution in [-0.4, -0.2) is 40.0 Å². The number of aromatic nitrogens is 1. The molecular formula is C11H15N3O3. The summed E-state index contributed by atoms with van der Waals surface area (Å²) in [5.74, 6) is -1.48. The number of carboxylic acids is 1. The lowest BCUT2D eigenvalue weighted by molar-refractivity contribution is -0.141. The number of hydrogen-bond acceptors (Lipinski definition) is 4. The van der Waals surface area contributed by atoms with Crippen LogP contribution in [0.4, 0.5) is 0 Å². The van der Waals surface area contributed by atoms with Crippen molar-refractivity contribution < 1.29 is 14.7 Å². The smallest absolute Gasteiger partial charge is 0.305 e. The van der Waals surface area contributed by atoms with Crippen LogP contribution >= 0.6 is 0 Å². The Labute approximate surface area is 99.1 Å². The molecule has 1 aromatic rings. The molecule has 17 heavy (non-hydrogen) atoms. The van der Waals surface area contributed by atoms with Crippen LogP contribution in [0.1, 0.15) is 12.0 Å². The summed E-state index contributed by atoms with van der Waals surface area (Å²) in [5, 5.41) is 8.54. The zero-order chi connectivity index (χ0) is 12.8. The standard InChI is InChI=1S/C11H15N3O3/c1-14(7-8-3-2-4-13-6-8)11(17)9(12)5-10(15)16/h2-4,6,9H,5,7,12H2,1H3,(H,15,16). The minimum absolute atomic E-state index is 0.361. The molecular weight excluding hydrogens is 222 g/mol. The van der Waals surface area contributed by atoms with Gasteiger partial charge in [0.2, 0.25) is 5.91 Å². The molecule has 0 spiro atoms. The monoisotopic (exact) mass is 237 g/mol. The predicted octanol–water partition coefficient (Wildman–Crippen LogP) is -0.158. The second-order valence-corrected chi connectivity index (χ2v) is 3.76. The van der Waals surface area contributed by atoms with Gasteiger partial charge in [0.25, 0.3) is 0 Å². The van der Waals surface area contributed by atoms with Gasteiger partial charge in [-0.3, -0.25) is 14.6 Å². The normalized spacial score (nSPS) is 11.9. The molecule has 0 radical (unpaired) electrons. The molecule has 0 saturated carbocycles. The average molecular weight is 237 g/mol. The SMILES string of the molecule is CN(Cc1cccnc1)C(=O)C(N)CC(=O)O. The molecule has 1 heterocycles. The van der Waals surface area contributed by atoms with E-state index in [4.69, 9.17) is 10.8 Å². The van der Waals surface area contributed by atoms with Gasteiger partial charge < -0.3 is 15.7 Å². The van der Waals surface area contributed by atoms with Crippen LogP contribution in [0.25, 0.3) is 0 Å². The van der Waals surface area contributed by atoms with E-state index in [2.05, 4.69) is 4.98 Å². The lowest BCUT2D eigenvalue weighted by Crippen LogP contribution is -2.42. The quantitative estimate of drug-likeness (QED) is 0.741. The molecule has 0 aromatic carbocycles. The molecule has 0 fully saturated rings. The van der Waals surface area contributed by atoms with Crippen LogP contribution in [0, 0.1) is 0 Å². The van der Waals surface area contributed by atoms with E-state index in [0.29, 0.717) is 6.54 Å². The van der Waals surface area contributed by atoms with Crippen LogP contribution in [-0.2, 0) is 16.1 Å². The Bertz CT molecular complexity index is 394. The van der Waals surface area contributed by atoms with Gasteiger partial charge in [0.05, 0.1) is 12.5 Å². The van der Waals surface area contributed by atoms with E-state index in [1.54, 1.807) is 25.5 Å². The van der Waals surface area contributed by atoms with E-state index in [1.165, 1.54) is 4.90 Å². The Morgan fingerprint density at radius 3 is 2.82 bits per heavy atom. The van der Waals surface area contributed by atoms with Crippen molar-refractivity contribution in [2.24, 2.45) is 5.73 Å². The summed E-state index contributed by atoms with van der Waals surface area (Å²) in [6.45, 7) is 0.361. The third-order valence-corrected chi connectivity index (χ3v) is 2.23. The highest BCUT2D eigenvalue weighted by atomic mass is 16.4. The van der Waals surface area contributed by atoms with Crippen LogP contribution < -0.4 is 5.73 Å². The third kappa shape index (κ3) is 4.20. The van der Waals surface area contributed by atoms with Gasteiger partial charge >= 0.3 is 5.97 Å². The van der Waals surface area contributed by atoms with Crippen LogP contribution in [0.2, 0.25) is 0 Å². The lowest BCUT2D eigenvalue weighted by Gasteiger charge is -2.20. The number of hydrogen-bond donors (Lipinski definition) is 2. The fraction of sp³-hybridized carbons (Fsp3) is 0.364. The van der Waals surface area contributed by atoms with Crippen molar-refractivity contribution in [3.8, 4) is 0 Å². The molecule has 1 atom stereocenters. The van der Waals surface area contributed by atoms with Crippen molar-refractivity contribution in [3.63, 3.8) is 0 Å². The highest BCUT2D eigenvalue weighted by molar-refractivity contribution is 5.85. The van der Waals surface area contributed by atoms with Gasteiger partial charge in [-0.25, -0.2) is 0 Å². The number of amides is 1. The Balaban J connectivity index is 2.55. The summed E-state index contributed by atoms with van der Waals surface area (Å²) in [6, 6.07) is 2.60. The third-order valence-electron chi connectivity index (χ3n) is 2.23. The maximum Gasteiger partial charge on any atom is 0.305 e. The van der Waals surface area contributed by atoms with Crippen LogP contribution in [0.5, 0.6) is 0 Å². The van der Waals surface area contributed by atoms with Gasteiger partial charge in [-0.05, 0) is 11.6 Å². The highest BCUT2D eigenvalue weighted by Crippen LogP contribution is 2.03. The molecule has 1 aromatic heterocycles. The maximum absolute atomic E-state index is 11.7. The summed E-state index contributed by atoms with van der Waals surface area (Å²) in [7, 11) is 1.58. The lowest BCUT2D eigenvalue weighted by atomic mass is 10.2. The van der Waals surface area contributed by atoms with Gasteiger partial charge in [0, 0.05) is 26.0 Å². The fourth-order valence-electron chi connectivity index (χ4n) is 1.40. The van der Waals surface area contributed by atoms with Gasteiger partial charge in [0.15, 0.2) is 0 Å². The number of aliphatic carboxylic acids is 1. The number of nitrogens with zero attached hydrogens (tertiary/aromatic N) is 2. The summed E-state index contributed by atoms with van der Waals surface area (Å²) >= 11 is 0. The molecule has 1 unspecified atom stereocenters. The molecule has 3 N–H and O–H groups in total. The number of likely N-dealkylation sites (N-methyl/N-ethyl adjacent to an activating group) is 1. The summed E-state index contributed by atoms with van der Waals surface area (Å²) < 4.78 is 0. The van der Waals surface area contributed by atoms with Crippen molar-refractivity contribution in [3.05, 3.63) is 30.1 Å². The molecule has 1 rings (SSSR count). The Morgan fingerprint density at radius 1 is 1.59 bits per heavy atom. The predicted molar refractivity (Wildman–Crippen MR) is 60.9 cm³/mol. The summed E-state index contributed by atoms with van der Waals surface area (Å²) in [5.41, 5.74) is 6.35. The number of nitrogens with two attached hydrogens (primary N) is 1. The first-order chi connectivity index (χ1) is 8.00. The minimum atomic E-state index is -1.08. The second kappa shape index (κ2) is 5.95. The average Bonchev–Trinajstić information content (AvgIpc) is 2.28. The number of carbonyl (C=O) groups is 2. The fourth-order valence-corrected chi connectivity index (χ4v) is 1.40. The highest BCUT2D eigenvalue weighted by Gasteiger charge is 2.20. The molecule has 0 saturated heterocycles. The zero-order valence-electron chi connectivity index (χ0n) is 9.54. The van der Waals surface area contributed by atoms with Gasteiger partial charge in [-0.1, -0.05) is 6.07 Å². The van der Waals surface area contributed by atoms with Gasteiger partial charge in [-0.2, -0.15) is 0 Å². The Kier molecular flexibility index (Phi) is 4.59. The first-order valence-electron chi connectivity index (χ1n) is 5.12. The molecule has 1 amide bonds. The second-order valence-electron chi connectivity index (χ2n) is 3.76. The van der Waals surface area contributed by atoms with Crippen molar-refractivity contribution in [1.82, 2.24) is 9.88 Å². The number of carboxylic acid groups (broad SMARTS) is 1. The number of carbonyl (C=O) groups excluding carboxylic acids is 1. The van der Waals surface area contributed by atoms with E-state index in [9.17, 15) is 9.59 Å². The molecule has 0 aliphatic heterocycles. The molecule has 92 valence electrons. The minimum Gasteiger partial charge on any atom is -0.481 e. The maximum atomic E-state index is 11.7. The first-order valence-corrected chi connectivity index (χ1v) is 5.12. The first kappa shape index (κ1) is 13.1. The van der Waals surface area contributed by atoms with E-state index in [-0.39, 0.29) is 6.42 Å². The van der Waals surface area contributed by atoms with Crippen LogP contribution in [0.15, 0.2) is 24.5 Å². The summed E-state index contributed by atoms with van der Waals surface area (Å²) in [4.78, 5) is 27.5. The number of pyridine rings is 1. The van der Waals surface area contributed by atoms with E-state index >= 15 is 0 Å². The van der Waals surface area contributed by atoms with Gasteiger partial charge in [-0.15, -0.1) is 0 Å². The Morgan fingerprint density at radius 2 is 2.29 bits per heavy atom. The van der Waals surface area contributed by atoms with Crippen molar-refractivity contribution in [2.75, 3.05) is 7.05 Å². The molecule has 6 heteroatoms. The number of rotatable bonds is 5. The van der Waals surface area contributed by atoms with Crippen molar-refractivity contribution >= 4 is 11.9 Å². The molecule has 0 bridgehead atoms. The van der Waals surface area contributed by atoms with Crippen LogP contribution in [0.3, 0.4) is 0 Å². The Hall–Kier alpha value is -1.95.